The Labute approximate surface area is 69.3 Å². The molecule has 0 saturated carbocycles. The largest absolute Gasteiger partial charge is 0.127 e. The first-order chi connectivity index (χ1) is 4.91. The van der Waals surface area contributed by atoms with Gasteiger partial charge in [0.15, 0.2) is 0 Å². The third kappa shape index (κ3) is 8.03. The molecule has 0 fully saturated rings. The van der Waals surface area contributed by atoms with E-state index in [1.165, 1.54) is 38.5 Å². The van der Waals surface area contributed by atoms with Gasteiger partial charge in [0, 0.05) is 5.88 Å². The van der Waals surface area contributed by atoms with Crippen LogP contribution in [0.5, 0.6) is 0 Å². The van der Waals surface area contributed by atoms with E-state index in [0.29, 0.717) is 0 Å². The lowest BCUT2D eigenvalue weighted by molar-refractivity contribution is 0.639. The topological polar surface area (TPSA) is 0 Å². The zero-order valence-electron chi connectivity index (χ0n) is 6.61. The zero-order chi connectivity index (χ0) is 7.66. The van der Waals surface area contributed by atoms with Crippen LogP contribution in [0.25, 0.3) is 0 Å². The standard InChI is InChI=1S/C9H17Cl/c1-2-3-4-5-6-7-8-9-10/h2H,1,3-9H2. The van der Waals surface area contributed by atoms with Gasteiger partial charge in [-0.3, -0.25) is 0 Å². The fraction of sp³-hybridized carbons (Fsp3) is 0.778. The molecular weight excluding hydrogens is 144 g/mol. The number of halogens is 1. The number of allylic oxidation sites excluding steroid dienone is 1. The Hall–Kier alpha value is 0.0300. The third-order valence-corrected chi connectivity index (χ3v) is 1.81. The van der Waals surface area contributed by atoms with E-state index in [1.807, 2.05) is 6.08 Å². The molecule has 0 saturated heterocycles. The third-order valence-electron chi connectivity index (χ3n) is 1.54. The first-order valence-electron chi connectivity index (χ1n) is 4.08. The van der Waals surface area contributed by atoms with E-state index in [0.717, 1.165) is 5.88 Å². The molecule has 0 aromatic carbocycles. The smallest absolute Gasteiger partial charge is 0.0223 e. The molecule has 10 heavy (non-hydrogen) atoms. The summed E-state index contributed by atoms with van der Waals surface area (Å²) in [6.45, 7) is 3.67. The summed E-state index contributed by atoms with van der Waals surface area (Å²) >= 11 is 5.53. The SMILES string of the molecule is C=CCCCCCCCCl. The van der Waals surface area contributed by atoms with Gasteiger partial charge < -0.3 is 0 Å². The normalized spacial score (nSPS) is 9.70. The van der Waals surface area contributed by atoms with Crippen LogP contribution < -0.4 is 0 Å². The van der Waals surface area contributed by atoms with Crippen molar-refractivity contribution in [3.63, 3.8) is 0 Å². The van der Waals surface area contributed by atoms with Crippen molar-refractivity contribution < 1.29 is 0 Å². The molecule has 0 aromatic rings. The summed E-state index contributed by atoms with van der Waals surface area (Å²) in [7, 11) is 0. The van der Waals surface area contributed by atoms with E-state index in [9.17, 15) is 0 Å². The maximum absolute atomic E-state index is 5.53. The molecule has 60 valence electrons. The van der Waals surface area contributed by atoms with E-state index < -0.39 is 0 Å². The number of unbranched alkanes of at least 4 members (excludes halogenated alkanes) is 5. The first kappa shape index (κ1) is 10.0. The summed E-state index contributed by atoms with van der Waals surface area (Å²) in [5.41, 5.74) is 0. The molecule has 1 heteroatoms. The lowest BCUT2D eigenvalue weighted by atomic mass is 10.1. The van der Waals surface area contributed by atoms with Crippen LogP contribution in [0.15, 0.2) is 12.7 Å². The molecule has 0 N–H and O–H groups in total. The lowest BCUT2D eigenvalue weighted by Gasteiger charge is -1.96. The van der Waals surface area contributed by atoms with E-state index in [1.54, 1.807) is 0 Å². The van der Waals surface area contributed by atoms with E-state index in [4.69, 9.17) is 11.6 Å². The van der Waals surface area contributed by atoms with Gasteiger partial charge in [-0.1, -0.05) is 25.3 Å². The fourth-order valence-electron chi connectivity index (χ4n) is 0.913. The second-order valence-electron chi connectivity index (χ2n) is 2.53. The van der Waals surface area contributed by atoms with Gasteiger partial charge in [-0.2, -0.15) is 0 Å². The van der Waals surface area contributed by atoms with Gasteiger partial charge in [0.2, 0.25) is 0 Å². The molecule has 0 aromatic heterocycles. The van der Waals surface area contributed by atoms with Crippen LogP contribution in [-0.2, 0) is 0 Å². The van der Waals surface area contributed by atoms with Crippen LogP contribution >= 0.6 is 11.6 Å². The Balaban J connectivity index is 2.70. The Kier molecular flexibility index (Phi) is 9.06. The average Bonchev–Trinajstić information content (AvgIpc) is 1.97. The molecule has 0 atom stereocenters. The minimum absolute atomic E-state index is 0.821. The molecule has 0 aliphatic rings. The van der Waals surface area contributed by atoms with Crippen LogP contribution in [0, 0.1) is 0 Å². The van der Waals surface area contributed by atoms with Gasteiger partial charge in [-0.05, 0) is 19.3 Å². The van der Waals surface area contributed by atoms with Crippen molar-refractivity contribution in [2.75, 3.05) is 5.88 Å². The minimum atomic E-state index is 0.821. The molecule has 0 rings (SSSR count). The number of hydrogen-bond donors (Lipinski definition) is 0. The van der Waals surface area contributed by atoms with Crippen LogP contribution in [0.2, 0.25) is 0 Å². The van der Waals surface area contributed by atoms with Gasteiger partial charge in [-0.15, -0.1) is 18.2 Å². The highest BCUT2D eigenvalue weighted by atomic mass is 35.5. The van der Waals surface area contributed by atoms with E-state index >= 15 is 0 Å². The van der Waals surface area contributed by atoms with Crippen molar-refractivity contribution in [3.8, 4) is 0 Å². The molecule has 0 amide bonds. The van der Waals surface area contributed by atoms with Gasteiger partial charge in [0.1, 0.15) is 0 Å². The van der Waals surface area contributed by atoms with Crippen molar-refractivity contribution in [2.24, 2.45) is 0 Å². The van der Waals surface area contributed by atoms with Crippen molar-refractivity contribution in [2.45, 2.75) is 38.5 Å². The monoisotopic (exact) mass is 160 g/mol. The lowest BCUT2D eigenvalue weighted by Crippen LogP contribution is -1.78. The maximum Gasteiger partial charge on any atom is 0.0223 e. The molecule has 0 radical (unpaired) electrons. The second kappa shape index (κ2) is 9.03. The van der Waals surface area contributed by atoms with Gasteiger partial charge in [0.25, 0.3) is 0 Å². The van der Waals surface area contributed by atoms with Gasteiger partial charge >= 0.3 is 0 Å². The average molecular weight is 161 g/mol. The van der Waals surface area contributed by atoms with Crippen molar-refractivity contribution >= 4 is 11.6 Å². The van der Waals surface area contributed by atoms with Crippen molar-refractivity contribution in [3.05, 3.63) is 12.7 Å². The summed E-state index contributed by atoms with van der Waals surface area (Å²) in [6.07, 6.45) is 9.59. The Bertz CT molecular complexity index is 69.1. The molecule has 0 bridgehead atoms. The summed E-state index contributed by atoms with van der Waals surface area (Å²) < 4.78 is 0. The second-order valence-corrected chi connectivity index (χ2v) is 2.91. The predicted octanol–water partition coefficient (Wildman–Crippen LogP) is 3.75. The molecule has 0 spiro atoms. The highest BCUT2D eigenvalue weighted by Gasteiger charge is 1.87. The predicted molar refractivity (Wildman–Crippen MR) is 48.6 cm³/mol. The number of rotatable bonds is 7. The van der Waals surface area contributed by atoms with Crippen LogP contribution in [-0.4, -0.2) is 5.88 Å². The molecular formula is C9H17Cl. The first-order valence-corrected chi connectivity index (χ1v) is 4.62. The molecule has 0 heterocycles. The molecule has 0 aliphatic heterocycles. The molecule has 0 aliphatic carbocycles. The Morgan fingerprint density at radius 1 is 1.00 bits per heavy atom. The molecule has 0 unspecified atom stereocenters. The van der Waals surface area contributed by atoms with Crippen LogP contribution in [0.4, 0.5) is 0 Å². The fourth-order valence-corrected chi connectivity index (χ4v) is 1.10. The van der Waals surface area contributed by atoms with E-state index in [2.05, 4.69) is 6.58 Å². The van der Waals surface area contributed by atoms with Crippen LogP contribution in [0.3, 0.4) is 0 Å². The summed E-state index contributed by atoms with van der Waals surface area (Å²) in [4.78, 5) is 0. The Morgan fingerprint density at radius 2 is 1.60 bits per heavy atom. The summed E-state index contributed by atoms with van der Waals surface area (Å²) in [5.74, 6) is 0.821. The minimum Gasteiger partial charge on any atom is -0.127 e. The highest BCUT2D eigenvalue weighted by Crippen LogP contribution is 2.05. The highest BCUT2D eigenvalue weighted by molar-refractivity contribution is 6.17. The van der Waals surface area contributed by atoms with Gasteiger partial charge in [0.05, 0.1) is 0 Å². The van der Waals surface area contributed by atoms with Crippen LogP contribution in [0.1, 0.15) is 38.5 Å². The van der Waals surface area contributed by atoms with Gasteiger partial charge in [-0.25, -0.2) is 0 Å². The van der Waals surface area contributed by atoms with Crippen molar-refractivity contribution in [1.82, 2.24) is 0 Å². The molecule has 0 nitrogen and oxygen atoms in total. The number of hydrogen-bond acceptors (Lipinski definition) is 0. The quantitative estimate of drug-likeness (QED) is 0.302. The zero-order valence-corrected chi connectivity index (χ0v) is 7.37. The summed E-state index contributed by atoms with van der Waals surface area (Å²) in [6, 6.07) is 0. The van der Waals surface area contributed by atoms with Crippen molar-refractivity contribution in [1.29, 1.82) is 0 Å². The summed E-state index contributed by atoms with van der Waals surface area (Å²) in [5, 5.41) is 0. The van der Waals surface area contributed by atoms with E-state index in [-0.39, 0.29) is 0 Å². The number of alkyl halides is 1. The Morgan fingerprint density at radius 3 is 2.20 bits per heavy atom. The maximum atomic E-state index is 5.53.